The molecule has 0 saturated carbocycles. The molecule has 1 aromatic heterocycles. The zero-order valence-corrected chi connectivity index (χ0v) is 9.76. The van der Waals surface area contributed by atoms with Gasteiger partial charge in [-0.25, -0.2) is 4.68 Å². The van der Waals surface area contributed by atoms with Crippen molar-refractivity contribution in [2.75, 3.05) is 13.1 Å². The first-order valence-electron chi connectivity index (χ1n) is 5.84. The van der Waals surface area contributed by atoms with E-state index in [0.29, 0.717) is 5.56 Å². The third-order valence-corrected chi connectivity index (χ3v) is 3.25. The number of amides is 1. The molecule has 5 heteroatoms. The summed E-state index contributed by atoms with van der Waals surface area (Å²) in [6.45, 7) is 1.74. The lowest BCUT2D eigenvalue weighted by Crippen LogP contribution is -2.27. The molecule has 0 spiro atoms. The lowest BCUT2D eigenvalue weighted by molar-refractivity contribution is 0.0793. The molecule has 1 aliphatic rings. The third kappa shape index (κ3) is 1.67. The van der Waals surface area contributed by atoms with E-state index < -0.39 is 0 Å². The predicted octanol–water partition coefficient (Wildman–Crippen LogP) is 1.20. The van der Waals surface area contributed by atoms with Crippen LogP contribution < -0.4 is 0 Å². The highest BCUT2D eigenvalue weighted by Gasteiger charge is 2.19. The number of aromatic nitrogens is 3. The number of nitrogens with zero attached hydrogens (tertiary/aromatic N) is 4. The van der Waals surface area contributed by atoms with Crippen LogP contribution in [0.1, 0.15) is 23.2 Å². The number of carbonyl (C=O) groups is 1. The quantitative estimate of drug-likeness (QED) is 0.739. The minimum atomic E-state index is 0.107. The number of hydrogen-bond donors (Lipinski definition) is 0. The van der Waals surface area contributed by atoms with Crippen LogP contribution in [-0.2, 0) is 7.05 Å². The molecule has 0 N–H and O–H groups in total. The van der Waals surface area contributed by atoms with Crippen LogP contribution in [0.5, 0.6) is 0 Å². The monoisotopic (exact) mass is 230 g/mol. The Morgan fingerprint density at radius 3 is 2.82 bits per heavy atom. The van der Waals surface area contributed by atoms with Gasteiger partial charge in [-0.1, -0.05) is 5.21 Å². The van der Waals surface area contributed by atoms with Crippen molar-refractivity contribution in [1.29, 1.82) is 0 Å². The Morgan fingerprint density at radius 1 is 1.29 bits per heavy atom. The molecule has 0 bridgehead atoms. The molecule has 0 aliphatic carbocycles. The smallest absolute Gasteiger partial charge is 0.253 e. The molecule has 1 saturated heterocycles. The Labute approximate surface area is 99.0 Å². The summed E-state index contributed by atoms with van der Waals surface area (Å²) in [4.78, 5) is 14.1. The van der Waals surface area contributed by atoms with Crippen LogP contribution in [-0.4, -0.2) is 38.9 Å². The molecule has 3 rings (SSSR count). The molecule has 0 radical (unpaired) electrons. The summed E-state index contributed by atoms with van der Waals surface area (Å²) in [5.74, 6) is 0.107. The maximum atomic E-state index is 12.2. The molecule has 0 unspecified atom stereocenters. The summed E-state index contributed by atoms with van der Waals surface area (Å²) in [5, 5.41) is 7.97. The number of rotatable bonds is 1. The number of benzene rings is 1. The van der Waals surface area contributed by atoms with Crippen LogP contribution in [0.3, 0.4) is 0 Å². The van der Waals surface area contributed by atoms with Crippen LogP contribution in [0.25, 0.3) is 11.0 Å². The van der Waals surface area contributed by atoms with E-state index in [-0.39, 0.29) is 5.91 Å². The average Bonchev–Trinajstić information content (AvgIpc) is 2.98. The van der Waals surface area contributed by atoms with E-state index >= 15 is 0 Å². The number of aryl methyl sites for hydroxylation is 1. The molecular weight excluding hydrogens is 216 g/mol. The molecule has 5 nitrogen and oxygen atoms in total. The van der Waals surface area contributed by atoms with Crippen LogP contribution in [0.15, 0.2) is 18.2 Å². The molecule has 1 aliphatic heterocycles. The lowest BCUT2D eigenvalue weighted by Gasteiger charge is -2.14. The second kappa shape index (κ2) is 3.84. The molecule has 1 fully saturated rings. The van der Waals surface area contributed by atoms with Gasteiger partial charge < -0.3 is 4.90 Å². The van der Waals surface area contributed by atoms with E-state index in [1.807, 2.05) is 30.1 Å². The van der Waals surface area contributed by atoms with Gasteiger partial charge in [0.05, 0.1) is 5.52 Å². The van der Waals surface area contributed by atoms with Crippen LogP contribution >= 0.6 is 0 Å². The first-order valence-corrected chi connectivity index (χ1v) is 5.84. The Kier molecular flexibility index (Phi) is 2.31. The van der Waals surface area contributed by atoms with Crippen molar-refractivity contribution in [3.8, 4) is 0 Å². The summed E-state index contributed by atoms with van der Waals surface area (Å²) in [7, 11) is 1.84. The van der Waals surface area contributed by atoms with E-state index in [1.54, 1.807) is 4.68 Å². The molecular formula is C12H14N4O. The Hall–Kier alpha value is -1.91. The SMILES string of the molecule is Cn1nnc2cc(C(=O)N3CCCC3)ccc21. The van der Waals surface area contributed by atoms with Crippen molar-refractivity contribution >= 4 is 16.9 Å². The van der Waals surface area contributed by atoms with Gasteiger partial charge in [0.25, 0.3) is 5.91 Å². The zero-order chi connectivity index (χ0) is 11.8. The standard InChI is InChI=1S/C12H14N4O/c1-15-11-5-4-9(8-10(11)13-14-15)12(17)16-6-2-3-7-16/h4-5,8H,2-3,6-7H2,1H3. The van der Waals surface area contributed by atoms with Crippen molar-refractivity contribution in [1.82, 2.24) is 19.9 Å². The fourth-order valence-electron chi connectivity index (χ4n) is 2.28. The largest absolute Gasteiger partial charge is 0.339 e. The molecule has 1 amide bonds. The fourth-order valence-corrected chi connectivity index (χ4v) is 2.28. The number of hydrogen-bond acceptors (Lipinski definition) is 3. The number of likely N-dealkylation sites (tertiary alicyclic amines) is 1. The van der Waals surface area contributed by atoms with Crippen LogP contribution in [0.2, 0.25) is 0 Å². The minimum absolute atomic E-state index is 0.107. The van der Waals surface area contributed by atoms with Crippen molar-refractivity contribution < 1.29 is 4.79 Å². The van der Waals surface area contributed by atoms with Gasteiger partial charge in [-0.2, -0.15) is 0 Å². The van der Waals surface area contributed by atoms with Crippen molar-refractivity contribution in [2.45, 2.75) is 12.8 Å². The van der Waals surface area contributed by atoms with Crippen molar-refractivity contribution in [3.05, 3.63) is 23.8 Å². The van der Waals surface area contributed by atoms with Crippen LogP contribution in [0.4, 0.5) is 0 Å². The van der Waals surface area contributed by atoms with E-state index in [9.17, 15) is 4.79 Å². The van der Waals surface area contributed by atoms with Gasteiger partial charge in [0.2, 0.25) is 0 Å². The lowest BCUT2D eigenvalue weighted by atomic mass is 10.2. The molecule has 0 atom stereocenters. The highest BCUT2D eigenvalue weighted by Crippen LogP contribution is 2.16. The van der Waals surface area contributed by atoms with Gasteiger partial charge in [-0.3, -0.25) is 4.79 Å². The minimum Gasteiger partial charge on any atom is -0.339 e. The van der Waals surface area contributed by atoms with Crippen molar-refractivity contribution in [3.63, 3.8) is 0 Å². The normalized spacial score (nSPS) is 15.7. The number of fused-ring (bicyclic) bond motifs is 1. The van der Waals surface area contributed by atoms with Crippen LogP contribution in [0, 0.1) is 0 Å². The molecule has 88 valence electrons. The van der Waals surface area contributed by atoms with Crippen molar-refractivity contribution in [2.24, 2.45) is 7.05 Å². The summed E-state index contributed by atoms with van der Waals surface area (Å²) >= 11 is 0. The van der Waals surface area contributed by atoms with Gasteiger partial charge in [0.15, 0.2) is 0 Å². The summed E-state index contributed by atoms with van der Waals surface area (Å²) in [6, 6.07) is 5.58. The molecule has 2 aromatic rings. The second-order valence-corrected chi connectivity index (χ2v) is 4.42. The van der Waals surface area contributed by atoms with Gasteiger partial charge in [0, 0.05) is 25.7 Å². The highest BCUT2D eigenvalue weighted by atomic mass is 16.2. The Morgan fingerprint density at radius 2 is 2.06 bits per heavy atom. The maximum Gasteiger partial charge on any atom is 0.253 e. The first kappa shape index (κ1) is 10.3. The molecule has 2 heterocycles. The summed E-state index contributed by atoms with van der Waals surface area (Å²) in [5.41, 5.74) is 2.43. The summed E-state index contributed by atoms with van der Waals surface area (Å²) < 4.78 is 1.71. The van der Waals surface area contributed by atoms with E-state index in [4.69, 9.17) is 0 Å². The fraction of sp³-hybridized carbons (Fsp3) is 0.417. The third-order valence-electron chi connectivity index (χ3n) is 3.25. The zero-order valence-electron chi connectivity index (χ0n) is 9.76. The average molecular weight is 230 g/mol. The maximum absolute atomic E-state index is 12.2. The van der Waals surface area contributed by atoms with E-state index in [2.05, 4.69) is 10.3 Å². The highest BCUT2D eigenvalue weighted by molar-refractivity contribution is 5.97. The van der Waals surface area contributed by atoms with E-state index in [1.165, 1.54) is 0 Å². The number of carbonyl (C=O) groups excluding carboxylic acids is 1. The van der Waals surface area contributed by atoms with Gasteiger partial charge >= 0.3 is 0 Å². The first-order chi connectivity index (χ1) is 8.25. The Balaban J connectivity index is 1.97. The summed E-state index contributed by atoms with van der Waals surface area (Å²) in [6.07, 6.45) is 2.22. The van der Waals surface area contributed by atoms with E-state index in [0.717, 1.165) is 37.0 Å². The molecule has 17 heavy (non-hydrogen) atoms. The topological polar surface area (TPSA) is 51.0 Å². The molecule has 1 aromatic carbocycles. The van der Waals surface area contributed by atoms with Gasteiger partial charge in [-0.05, 0) is 31.0 Å². The predicted molar refractivity (Wildman–Crippen MR) is 63.6 cm³/mol. The van der Waals surface area contributed by atoms with Gasteiger partial charge in [-0.15, -0.1) is 5.10 Å². The second-order valence-electron chi connectivity index (χ2n) is 4.42. The Bertz CT molecular complexity index is 569. The van der Waals surface area contributed by atoms with Gasteiger partial charge in [0.1, 0.15) is 5.52 Å².